The molecule has 0 aromatic heterocycles. The Bertz CT molecular complexity index is 384. The van der Waals surface area contributed by atoms with Gasteiger partial charge < -0.3 is 0 Å². The van der Waals surface area contributed by atoms with Crippen LogP contribution in [0.1, 0.15) is 59.9 Å². The van der Waals surface area contributed by atoms with E-state index in [4.69, 9.17) is 0 Å². The first-order valence-corrected chi connectivity index (χ1v) is 11.0. The Morgan fingerprint density at radius 1 is 0.810 bits per heavy atom. The van der Waals surface area contributed by atoms with Crippen molar-refractivity contribution in [2.45, 2.75) is 83.5 Å². The Morgan fingerprint density at radius 3 is 1.71 bits per heavy atom. The molecule has 0 fully saturated rings. The van der Waals surface area contributed by atoms with Gasteiger partial charge in [0.15, 0.2) is 0 Å². The highest BCUT2D eigenvalue weighted by atomic mass is 28.3. The minimum Gasteiger partial charge on any atom is -0.207 e. The van der Waals surface area contributed by atoms with Crippen LogP contribution in [0.3, 0.4) is 0 Å². The number of benzene rings is 1. The molecule has 0 nitrogen and oxygen atoms in total. The lowest BCUT2D eigenvalue weighted by Gasteiger charge is -2.43. The maximum Gasteiger partial charge on any atom is 0.123 e. The lowest BCUT2D eigenvalue weighted by molar-refractivity contribution is 0.626. The molecule has 21 heavy (non-hydrogen) atoms. The fourth-order valence-electron chi connectivity index (χ4n) is 4.28. The van der Waals surface area contributed by atoms with Gasteiger partial charge in [-0.2, -0.15) is 0 Å². The van der Waals surface area contributed by atoms with Crippen LogP contribution in [0.25, 0.3) is 0 Å². The van der Waals surface area contributed by atoms with E-state index < -0.39 is 8.07 Å². The minimum atomic E-state index is -1.23. The lowest BCUT2D eigenvalue weighted by atomic mass is 10.1. The zero-order chi connectivity index (χ0) is 16.0. The standard InChI is InChI=1S/C19H33FSi/c1-15(2)21(16(3)4,17(5)6)14-8-7-9-18-10-12-19(20)13-11-18/h10-13,15-17H,7-9,14H2,1-6H3. The Balaban J connectivity index is 2.56. The van der Waals surface area contributed by atoms with Gasteiger partial charge in [-0.3, -0.25) is 0 Å². The molecule has 0 saturated heterocycles. The van der Waals surface area contributed by atoms with Crippen molar-refractivity contribution in [2.24, 2.45) is 0 Å². The molecule has 0 unspecified atom stereocenters. The van der Waals surface area contributed by atoms with Crippen molar-refractivity contribution in [1.29, 1.82) is 0 Å². The average Bonchev–Trinajstić information content (AvgIpc) is 2.39. The minimum absolute atomic E-state index is 0.135. The van der Waals surface area contributed by atoms with E-state index in [0.717, 1.165) is 23.0 Å². The van der Waals surface area contributed by atoms with Gasteiger partial charge in [-0.15, -0.1) is 0 Å². The van der Waals surface area contributed by atoms with Crippen LogP contribution in [-0.2, 0) is 6.42 Å². The van der Waals surface area contributed by atoms with E-state index in [1.807, 2.05) is 12.1 Å². The lowest BCUT2D eigenvalue weighted by Crippen LogP contribution is -2.44. The molecule has 1 aromatic rings. The van der Waals surface area contributed by atoms with Gasteiger partial charge in [-0.1, -0.05) is 82.8 Å². The third-order valence-electron chi connectivity index (χ3n) is 5.46. The normalized spacial score (nSPS) is 12.7. The average molecular weight is 309 g/mol. The third kappa shape index (κ3) is 4.67. The van der Waals surface area contributed by atoms with E-state index in [-0.39, 0.29) is 5.82 Å². The summed E-state index contributed by atoms with van der Waals surface area (Å²) in [5, 5.41) is 0. The number of aryl methyl sites for hydroxylation is 1. The predicted molar refractivity (Wildman–Crippen MR) is 95.2 cm³/mol. The van der Waals surface area contributed by atoms with Gasteiger partial charge in [0.05, 0.1) is 8.07 Å². The van der Waals surface area contributed by atoms with Gasteiger partial charge in [0.25, 0.3) is 0 Å². The molecule has 0 aliphatic carbocycles. The van der Waals surface area contributed by atoms with Crippen molar-refractivity contribution >= 4 is 8.07 Å². The summed E-state index contributed by atoms with van der Waals surface area (Å²) in [5.74, 6) is -0.135. The monoisotopic (exact) mass is 308 g/mol. The topological polar surface area (TPSA) is 0 Å². The van der Waals surface area contributed by atoms with Crippen molar-refractivity contribution in [2.75, 3.05) is 0 Å². The second-order valence-corrected chi connectivity index (χ2v) is 13.6. The first-order chi connectivity index (χ1) is 9.80. The van der Waals surface area contributed by atoms with Crippen LogP contribution in [0.15, 0.2) is 24.3 Å². The van der Waals surface area contributed by atoms with Gasteiger partial charge in [-0.05, 0) is 30.5 Å². The molecular weight excluding hydrogens is 275 g/mol. The van der Waals surface area contributed by atoms with E-state index in [1.54, 1.807) is 12.1 Å². The number of unbranched alkanes of at least 4 members (excludes halogenated alkanes) is 1. The molecular formula is C19H33FSi. The highest BCUT2D eigenvalue weighted by molar-refractivity contribution is 6.83. The van der Waals surface area contributed by atoms with Crippen LogP contribution in [-0.4, -0.2) is 8.07 Å². The summed E-state index contributed by atoms with van der Waals surface area (Å²) >= 11 is 0. The van der Waals surface area contributed by atoms with E-state index in [0.29, 0.717) is 0 Å². The van der Waals surface area contributed by atoms with Crippen LogP contribution in [0, 0.1) is 5.82 Å². The quantitative estimate of drug-likeness (QED) is 0.365. The van der Waals surface area contributed by atoms with Crippen LogP contribution < -0.4 is 0 Å². The smallest absolute Gasteiger partial charge is 0.123 e. The maximum absolute atomic E-state index is 12.9. The molecule has 0 spiro atoms. The first-order valence-electron chi connectivity index (χ1n) is 8.55. The Hall–Kier alpha value is -0.633. The summed E-state index contributed by atoms with van der Waals surface area (Å²) in [7, 11) is -1.23. The Labute approximate surface area is 132 Å². The summed E-state index contributed by atoms with van der Waals surface area (Å²) in [5.41, 5.74) is 3.82. The van der Waals surface area contributed by atoms with E-state index >= 15 is 0 Å². The zero-order valence-electron chi connectivity index (χ0n) is 14.7. The summed E-state index contributed by atoms with van der Waals surface area (Å²) in [6.45, 7) is 14.6. The molecule has 1 rings (SSSR count). The highest BCUT2D eigenvalue weighted by Crippen LogP contribution is 2.45. The van der Waals surface area contributed by atoms with E-state index in [9.17, 15) is 4.39 Å². The van der Waals surface area contributed by atoms with Crippen LogP contribution >= 0.6 is 0 Å². The number of hydrogen-bond donors (Lipinski definition) is 0. The van der Waals surface area contributed by atoms with Crippen LogP contribution in [0.5, 0.6) is 0 Å². The fraction of sp³-hybridized carbons (Fsp3) is 0.684. The van der Waals surface area contributed by atoms with Crippen molar-refractivity contribution in [3.8, 4) is 0 Å². The molecule has 0 aliphatic rings. The molecule has 0 aliphatic heterocycles. The van der Waals surface area contributed by atoms with Crippen LogP contribution in [0.4, 0.5) is 4.39 Å². The molecule has 0 heterocycles. The zero-order valence-corrected chi connectivity index (χ0v) is 15.7. The molecule has 0 radical (unpaired) electrons. The summed E-state index contributed by atoms with van der Waals surface area (Å²) < 4.78 is 12.9. The molecule has 120 valence electrons. The van der Waals surface area contributed by atoms with Crippen molar-refractivity contribution in [3.63, 3.8) is 0 Å². The number of halogens is 1. The van der Waals surface area contributed by atoms with Gasteiger partial charge in [0, 0.05) is 0 Å². The summed E-state index contributed by atoms with van der Waals surface area (Å²) in [6, 6.07) is 8.43. The second kappa shape index (κ2) is 8.12. The molecule has 0 saturated carbocycles. The van der Waals surface area contributed by atoms with Gasteiger partial charge in [-0.25, -0.2) is 4.39 Å². The van der Waals surface area contributed by atoms with Crippen molar-refractivity contribution in [1.82, 2.24) is 0 Å². The SMILES string of the molecule is CC(C)[Si](CCCCc1ccc(F)cc1)(C(C)C)C(C)C. The van der Waals surface area contributed by atoms with Gasteiger partial charge in [0.1, 0.15) is 5.82 Å². The van der Waals surface area contributed by atoms with Crippen LogP contribution in [0.2, 0.25) is 22.7 Å². The highest BCUT2D eigenvalue weighted by Gasteiger charge is 2.41. The summed E-state index contributed by atoms with van der Waals surface area (Å²) in [4.78, 5) is 0. The summed E-state index contributed by atoms with van der Waals surface area (Å²) in [6.07, 6.45) is 3.63. The molecule has 1 aromatic carbocycles. The second-order valence-electron chi connectivity index (χ2n) is 7.41. The molecule has 2 heteroatoms. The molecule has 0 bridgehead atoms. The van der Waals surface area contributed by atoms with Crippen molar-refractivity contribution in [3.05, 3.63) is 35.6 Å². The Kier molecular flexibility index (Phi) is 7.12. The first kappa shape index (κ1) is 18.4. The molecule has 0 amide bonds. The number of hydrogen-bond acceptors (Lipinski definition) is 0. The Morgan fingerprint density at radius 2 is 1.29 bits per heavy atom. The largest absolute Gasteiger partial charge is 0.207 e. The van der Waals surface area contributed by atoms with Gasteiger partial charge >= 0.3 is 0 Å². The third-order valence-corrected chi connectivity index (χ3v) is 13.1. The predicted octanol–water partition coefficient (Wildman–Crippen LogP) is 6.83. The fourth-order valence-corrected chi connectivity index (χ4v) is 10.9. The molecule has 0 atom stereocenters. The number of rotatable bonds is 8. The molecule has 0 N–H and O–H groups in total. The van der Waals surface area contributed by atoms with Crippen molar-refractivity contribution < 1.29 is 4.39 Å². The van der Waals surface area contributed by atoms with E-state index in [1.165, 1.54) is 24.4 Å². The van der Waals surface area contributed by atoms with Gasteiger partial charge in [0.2, 0.25) is 0 Å². The van der Waals surface area contributed by atoms with E-state index in [2.05, 4.69) is 41.5 Å². The maximum atomic E-state index is 12.9.